The molecule has 0 atom stereocenters. The summed E-state index contributed by atoms with van der Waals surface area (Å²) in [6, 6.07) is 0. The van der Waals surface area contributed by atoms with Crippen LogP contribution in [0.25, 0.3) is 0 Å². The van der Waals surface area contributed by atoms with Gasteiger partial charge in [-0.2, -0.15) is 0 Å². The molecule has 0 fully saturated rings. The number of carboxylic acid groups (broad SMARTS) is 1. The summed E-state index contributed by atoms with van der Waals surface area (Å²) in [7, 11) is 0. The molecule has 33 valence electrons. The summed E-state index contributed by atoms with van der Waals surface area (Å²) < 4.78 is 0. The van der Waals surface area contributed by atoms with Gasteiger partial charge < -0.3 is 5.11 Å². The smallest absolute Gasteiger partial charge is 0.311 e. The van der Waals surface area contributed by atoms with Crippen molar-refractivity contribution in [2.24, 2.45) is 0 Å². The Morgan fingerprint density at radius 1 is 1.83 bits per heavy atom. The molecule has 0 aromatic heterocycles. The highest BCUT2D eigenvalue weighted by molar-refractivity contribution is 5.82. The van der Waals surface area contributed by atoms with Crippen molar-refractivity contribution in [2.75, 3.05) is 0 Å². The first-order valence-electron chi connectivity index (χ1n) is 1.34. The molecular formula is C3H3O3. The molecule has 0 aliphatic heterocycles. The minimum Gasteiger partial charge on any atom is -0.481 e. The van der Waals surface area contributed by atoms with E-state index < -0.39 is 12.4 Å². The van der Waals surface area contributed by atoms with E-state index in [0.29, 0.717) is 0 Å². The van der Waals surface area contributed by atoms with E-state index in [1.54, 1.807) is 0 Å². The molecule has 0 saturated heterocycles. The van der Waals surface area contributed by atoms with E-state index in [9.17, 15) is 4.79 Å². The van der Waals surface area contributed by atoms with Gasteiger partial charge in [0.25, 0.3) is 0 Å². The monoisotopic (exact) mass is 87.0 g/mol. The Kier molecular flexibility index (Phi) is 2.04. The van der Waals surface area contributed by atoms with Gasteiger partial charge in [-0.1, -0.05) is 0 Å². The Morgan fingerprint density at radius 2 is 2.33 bits per heavy atom. The maximum absolute atomic E-state index is 9.34. The van der Waals surface area contributed by atoms with Crippen LogP contribution in [0.5, 0.6) is 0 Å². The standard InChI is InChI=1S/C3H3O3/c4-2-1-3(5)6/h1H2,(H,5,6). The van der Waals surface area contributed by atoms with Gasteiger partial charge in [-0.3, -0.25) is 9.59 Å². The fourth-order valence-electron chi connectivity index (χ4n) is 0.0617. The third-order valence-corrected chi connectivity index (χ3v) is 0.223. The molecule has 6 heavy (non-hydrogen) atoms. The molecule has 0 saturated carbocycles. The summed E-state index contributed by atoms with van der Waals surface area (Å²) in [5.41, 5.74) is 0. The Balaban J connectivity index is 3.05. The quantitative estimate of drug-likeness (QED) is 0.465. The fourth-order valence-corrected chi connectivity index (χ4v) is 0.0617. The number of rotatable bonds is 2. The summed E-state index contributed by atoms with van der Waals surface area (Å²) >= 11 is 0. The van der Waals surface area contributed by atoms with Crippen molar-refractivity contribution in [2.45, 2.75) is 6.42 Å². The van der Waals surface area contributed by atoms with Crippen molar-refractivity contribution in [3.05, 3.63) is 0 Å². The zero-order chi connectivity index (χ0) is 4.99. The van der Waals surface area contributed by atoms with Crippen LogP contribution >= 0.6 is 0 Å². The molecule has 0 unspecified atom stereocenters. The van der Waals surface area contributed by atoms with Gasteiger partial charge in [0.1, 0.15) is 6.42 Å². The van der Waals surface area contributed by atoms with Crippen LogP contribution in [0.2, 0.25) is 0 Å². The van der Waals surface area contributed by atoms with Gasteiger partial charge in [-0.05, 0) is 0 Å². The highest BCUT2D eigenvalue weighted by Gasteiger charge is 1.89. The molecule has 0 aliphatic rings. The molecule has 3 heteroatoms. The van der Waals surface area contributed by atoms with E-state index >= 15 is 0 Å². The predicted octanol–water partition coefficient (Wildman–Crippen LogP) is -0.429. The first-order valence-corrected chi connectivity index (χ1v) is 1.34. The Labute approximate surface area is 34.6 Å². The number of hydrogen-bond acceptors (Lipinski definition) is 2. The van der Waals surface area contributed by atoms with Crippen LogP contribution in [0.15, 0.2) is 0 Å². The van der Waals surface area contributed by atoms with Crippen molar-refractivity contribution in [1.82, 2.24) is 0 Å². The molecule has 0 spiro atoms. The lowest BCUT2D eigenvalue weighted by atomic mass is 10.5. The third kappa shape index (κ3) is 3.14. The minimum atomic E-state index is -1.13. The lowest BCUT2D eigenvalue weighted by Crippen LogP contribution is -1.92. The van der Waals surface area contributed by atoms with Gasteiger partial charge in [0.2, 0.25) is 6.29 Å². The van der Waals surface area contributed by atoms with Crippen molar-refractivity contribution >= 4 is 12.3 Å². The van der Waals surface area contributed by atoms with Crippen molar-refractivity contribution in [1.29, 1.82) is 0 Å². The average Bonchev–Trinajstić information content (AvgIpc) is 1.35. The SMILES string of the molecule is O=[C]CC(=O)O. The molecule has 1 radical (unpaired) electrons. The highest BCUT2D eigenvalue weighted by atomic mass is 16.4. The normalized spacial score (nSPS) is 7.33. The largest absolute Gasteiger partial charge is 0.481 e. The number of aliphatic carboxylic acids is 1. The first-order chi connectivity index (χ1) is 2.77. The third-order valence-electron chi connectivity index (χ3n) is 0.223. The highest BCUT2D eigenvalue weighted by Crippen LogP contribution is 1.65. The van der Waals surface area contributed by atoms with Gasteiger partial charge in [0, 0.05) is 0 Å². The van der Waals surface area contributed by atoms with Crippen LogP contribution in [0.3, 0.4) is 0 Å². The minimum absolute atomic E-state index is 0.514. The molecule has 0 aliphatic carbocycles. The van der Waals surface area contributed by atoms with Gasteiger partial charge in [0.15, 0.2) is 0 Å². The molecule has 3 nitrogen and oxygen atoms in total. The predicted molar refractivity (Wildman–Crippen MR) is 17.9 cm³/mol. The van der Waals surface area contributed by atoms with Crippen LogP contribution in [-0.4, -0.2) is 17.4 Å². The lowest BCUT2D eigenvalue weighted by molar-refractivity contribution is -0.135. The van der Waals surface area contributed by atoms with E-state index in [2.05, 4.69) is 0 Å². The average molecular weight is 87.1 g/mol. The molecule has 0 heterocycles. The van der Waals surface area contributed by atoms with Crippen LogP contribution in [0, 0.1) is 0 Å². The Hall–Kier alpha value is -0.860. The number of carbonyl (C=O) groups excluding carboxylic acids is 1. The van der Waals surface area contributed by atoms with Crippen LogP contribution in [0.1, 0.15) is 6.42 Å². The maximum atomic E-state index is 9.34. The molecule has 0 aromatic rings. The summed E-state index contributed by atoms with van der Waals surface area (Å²) in [5.74, 6) is -1.13. The van der Waals surface area contributed by atoms with Gasteiger partial charge >= 0.3 is 5.97 Å². The van der Waals surface area contributed by atoms with Crippen LogP contribution in [0.4, 0.5) is 0 Å². The van der Waals surface area contributed by atoms with E-state index in [0.717, 1.165) is 0 Å². The summed E-state index contributed by atoms with van der Waals surface area (Å²) in [6.07, 6.45) is 0.704. The second-order valence-corrected chi connectivity index (χ2v) is 0.715. The maximum Gasteiger partial charge on any atom is 0.311 e. The molecule has 0 aromatic carbocycles. The second-order valence-electron chi connectivity index (χ2n) is 0.715. The molecular weight excluding hydrogens is 84.0 g/mol. The number of hydrogen-bond donors (Lipinski definition) is 1. The molecule has 0 bridgehead atoms. The second kappa shape index (κ2) is 2.38. The molecule has 1 N–H and O–H groups in total. The lowest BCUT2D eigenvalue weighted by Gasteiger charge is -1.70. The number of carboxylic acids is 1. The van der Waals surface area contributed by atoms with Crippen LogP contribution in [-0.2, 0) is 9.59 Å². The van der Waals surface area contributed by atoms with E-state index in [1.165, 1.54) is 6.29 Å². The Bertz CT molecular complexity index is 66.4. The van der Waals surface area contributed by atoms with Crippen molar-refractivity contribution in [3.8, 4) is 0 Å². The van der Waals surface area contributed by atoms with Crippen molar-refractivity contribution < 1.29 is 14.7 Å². The molecule has 0 amide bonds. The zero-order valence-electron chi connectivity index (χ0n) is 2.97. The van der Waals surface area contributed by atoms with Crippen LogP contribution < -0.4 is 0 Å². The van der Waals surface area contributed by atoms with Gasteiger partial charge in [-0.15, -0.1) is 0 Å². The van der Waals surface area contributed by atoms with E-state index in [-0.39, 0.29) is 0 Å². The number of carbonyl (C=O) groups is 1. The molecule has 0 rings (SSSR count). The van der Waals surface area contributed by atoms with Crippen molar-refractivity contribution in [3.63, 3.8) is 0 Å². The fraction of sp³-hybridized carbons (Fsp3) is 0.333. The topological polar surface area (TPSA) is 54.4 Å². The van der Waals surface area contributed by atoms with E-state index in [4.69, 9.17) is 9.90 Å². The van der Waals surface area contributed by atoms with E-state index in [1.807, 2.05) is 0 Å². The zero-order valence-corrected chi connectivity index (χ0v) is 2.97. The van der Waals surface area contributed by atoms with Gasteiger partial charge in [0.05, 0.1) is 0 Å². The summed E-state index contributed by atoms with van der Waals surface area (Å²) in [4.78, 5) is 18.4. The first kappa shape index (κ1) is 5.14. The van der Waals surface area contributed by atoms with Gasteiger partial charge in [-0.25, -0.2) is 0 Å². The summed E-state index contributed by atoms with van der Waals surface area (Å²) in [5, 5.41) is 7.65. The Morgan fingerprint density at radius 3 is 2.33 bits per heavy atom. The summed E-state index contributed by atoms with van der Waals surface area (Å²) in [6.45, 7) is 0.